The summed E-state index contributed by atoms with van der Waals surface area (Å²) < 4.78 is 11.2. The number of carboxylic acids is 1. The molecule has 1 aliphatic rings. The van der Waals surface area contributed by atoms with Crippen molar-refractivity contribution in [1.82, 2.24) is 0 Å². The highest BCUT2D eigenvalue weighted by Gasteiger charge is 2.23. The molecule has 6 heteroatoms. The van der Waals surface area contributed by atoms with Gasteiger partial charge in [0.15, 0.2) is 18.1 Å². The van der Waals surface area contributed by atoms with Crippen molar-refractivity contribution in [1.29, 1.82) is 0 Å². The Morgan fingerprint density at radius 2 is 1.63 bits per heavy atom. The fourth-order valence-electron chi connectivity index (χ4n) is 3.61. The molecule has 0 bridgehead atoms. The smallest absolute Gasteiger partial charge is 0.341 e. The molecule has 3 aromatic carbocycles. The summed E-state index contributed by atoms with van der Waals surface area (Å²) in [7, 11) is 0. The molecular weight excluding hydrogens is 380 g/mol. The fraction of sp³-hybridized carbons (Fsp3) is 0.208. The summed E-state index contributed by atoms with van der Waals surface area (Å²) in [6.45, 7) is 2.45. The maximum atomic E-state index is 10.9. The zero-order valence-electron chi connectivity index (χ0n) is 16.6. The number of anilines is 3. The van der Waals surface area contributed by atoms with E-state index in [1.807, 2.05) is 48.5 Å². The van der Waals surface area contributed by atoms with Crippen LogP contribution in [0.3, 0.4) is 0 Å². The van der Waals surface area contributed by atoms with Crippen LogP contribution in [0.4, 0.5) is 17.1 Å². The van der Waals surface area contributed by atoms with Crippen LogP contribution in [0.1, 0.15) is 0 Å². The van der Waals surface area contributed by atoms with Crippen molar-refractivity contribution < 1.29 is 19.4 Å². The molecule has 4 rings (SSSR count). The molecule has 0 aromatic heterocycles. The van der Waals surface area contributed by atoms with Gasteiger partial charge in [0.1, 0.15) is 6.61 Å². The molecule has 0 amide bonds. The van der Waals surface area contributed by atoms with E-state index in [4.69, 9.17) is 14.6 Å². The Bertz CT molecular complexity index is 940. The molecule has 0 saturated carbocycles. The highest BCUT2D eigenvalue weighted by atomic mass is 16.5. The Morgan fingerprint density at radius 3 is 2.27 bits per heavy atom. The predicted molar refractivity (Wildman–Crippen MR) is 117 cm³/mol. The Morgan fingerprint density at radius 1 is 0.967 bits per heavy atom. The van der Waals surface area contributed by atoms with Crippen LogP contribution in [-0.2, 0) is 4.79 Å². The monoisotopic (exact) mass is 404 g/mol. The molecule has 0 unspecified atom stereocenters. The van der Waals surface area contributed by atoms with E-state index >= 15 is 0 Å². The quantitative estimate of drug-likeness (QED) is 0.608. The number of para-hydroxylation sites is 3. The van der Waals surface area contributed by atoms with Gasteiger partial charge in [-0.25, -0.2) is 4.79 Å². The van der Waals surface area contributed by atoms with Crippen LogP contribution in [0.15, 0.2) is 78.9 Å². The molecule has 0 spiro atoms. The summed E-state index contributed by atoms with van der Waals surface area (Å²) in [6.07, 6.45) is 0. The first-order valence-corrected chi connectivity index (χ1v) is 9.95. The average Bonchev–Trinajstić information content (AvgIpc) is 2.79. The zero-order chi connectivity index (χ0) is 20.8. The number of hydrogen-bond donors (Lipinski definition) is 1. The molecule has 154 valence electrons. The second-order valence-corrected chi connectivity index (χ2v) is 6.95. The van der Waals surface area contributed by atoms with Gasteiger partial charge in [-0.15, -0.1) is 0 Å². The largest absolute Gasteiger partial charge is 0.486 e. The van der Waals surface area contributed by atoms with Crippen LogP contribution in [0, 0.1) is 0 Å². The van der Waals surface area contributed by atoms with E-state index < -0.39 is 12.6 Å². The van der Waals surface area contributed by atoms with Crippen LogP contribution in [0.25, 0.3) is 0 Å². The third-order valence-corrected chi connectivity index (χ3v) is 4.99. The summed E-state index contributed by atoms with van der Waals surface area (Å²) in [6, 6.07) is 26.2. The molecule has 0 aliphatic carbocycles. The van der Waals surface area contributed by atoms with Gasteiger partial charge in [0, 0.05) is 24.5 Å². The summed E-state index contributed by atoms with van der Waals surface area (Å²) in [5.74, 6) is 0.0557. The van der Waals surface area contributed by atoms with Gasteiger partial charge in [-0.3, -0.25) is 0 Å². The molecule has 1 aliphatic heterocycles. The van der Waals surface area contributed by atoms with E-state index in [9.17, 15) is 4.79 Å². The fourth-order valence-corrected chi connectivity index (χ4v) is 3.61. The first-order valence-electron chi connectivity index (χ1n) is 9.95. The van der Waals surface area contributed by atoms with Crippen LogP contribution in [0.2, 0.25) is 0 Å². The molecule has 0 radical (unpaired) electrons. The van der Waals surface area contributed by atoms with Gasteiger partial charge in [-0.05, 0) is 36.4 Å². The van der Waals surface area contributed by atoms with Gasteiger partial charge in [-0.2, -0.15) is 0 Å². The van der Waals surface area contributed by atoms with Crippen LogP contribution < -0.4 is 19.3 Å². The number of ether oxygens (including phenoxy) is 2. The third kappa shape index (κ3) is 4.49. The highest BCUT2D eigenvalue weighted by molar-refractivity contribution is 5.70. The minimum Gasteiger partial charge on any atom is -0.486 e. The number of fused-ring (bicyclic) bond motifs is 1. The van der Waals surface area contributed by atoms with Crippen molar-refractivity contribution in [2.24, 2.45) is 0 Å². The van der Waals surface area contributed by atoms with Gasteiger partial charge in [0.2, 0.25) is 0 Å². The SMILES string of the molecule is O=C(O)COc1cccc2c1OCCN2CCN(c1ccccc1)c1ccccc1. The third-order valence-electron chi connectivity index (χ3n) is 4.99. The molecular formula is C24H24N2O4. The second kappa shape index (κ2) is 9.22. The molecule has 0 fully saturated rings. The maximum absolute atomic E-state index is 10.9. The number of nitrogens with zero attached hydrogens (tertiary/aromatic N) is 2. The van der Waals surface area contributed by atoms with E-state index in [1.54, 1.807) is 6.07 Å². The van der Waals surface area contributed by atoms with Crippen LogP contribution >= 0.6 is 0 Å². The second-order valence-electron chi connectivity index (χ2n) is 6.95. The van der Waals surface area contributed by atoms with Crippen molar-refractivity contribution in [2.45, 2.75) is 0 Å². The van der Waals surface area contributed by atoms with E-state index in [-0.39, 0.29) is 0 Å². The van der Waals surface area contributed by atoms with Gasteiger partial charge in [0.05, 0.1) is 12.2 Å². The topological polar surface area (TPSA) is 62.2 Å². The number of aliphatic carboxylic acids is 1. The summed E-state index contributed by atoms with van der Waals surface area (Å²) in [5, 5.41) is 8.91. The number of benzene rings is 3. The Labute approximate surface area is 175 Å². The lowest BCUT2D eigenvalue weighted by Gasteiger charge is -2.34. The van der Waals surface area contributed by atoms with Gasteiger partial charge in [-0.1, -0.05) is 42.5 Å². The van der Waals surface area contributed by atoms with Crippen molar-refractivity contribution >= 4 is 23.0 Å². The van der Waals surface area contributed by atoms with E-state index in [2.05, 4.69) is 34.1 Å². The van der Waals surface area contributed by atoms with E-state index in [0.717, 1.165) is 36.7 Å². The molecule has 0 atom stereocenters. The van der Waals surface area contributed by atoms with Crippen LogP contribution in [-0.4, -0.2) is 43.9 Å². The molecule has 6 nitrogen and oxygen atoms in total. The van der Waals surface area contributed by atoms with Gasteiger partial charge < -0.3 is 24.4 Å². The van der Waals surface area contributed by atoms with E-state index in [1.165, 1.54) is 0 Å². The lowest BCUT2D eigenvalue weighted by molar-refractivity contribution is -0.139. The van der Waals surface area contributed by atoms with Crippen molar-refractivity contribution in [3.05, 3.63) is 78.9 Å². The molecule has 3 aromatic rings. The Balaban J connectivity index is 1.54. The van der Waals surface area contributed by atoms with E-state index in [0.29, 0.717) is 18.1 Å². The first kappa shape index (κ1) is 19.6. The minimum atomic E-state index is -1.01. The molecule has 1 heterocycles. The van der Waals surface area contributed by atoms with Crippen LogP contribution in [0.5, 0.6) is 11.5 Å². The Kier molecular flexibility index (Phi) is 6.03. The van der Waals surface area contributed by atoms with Crippen molar-refractivity contribution in [3.8, 4) is 11.5 Å². The minimum absolute atomic E-state index is 0.393. The molecule has 30 heavy (non-hydrogen) atoms. The lowest BCUT2D eigenvalue weighted by Crippen LogP contribution is -2.38. The first-order chi connectivity index (χ1) is 14.7. The lowest BCUT2D eigenvalue weighted by atomic mass is 10.2. The summed E-state index contributed by atoms with van der Waals surface area (Å²) in [4.78, 5) is 15.4. The maximum Gasteiger partial charge on any atom is 0.341 e. The van der Waals surface area contributed by atoms with Crippen molar-refractivity contribution in [3.63, 3.8) is 0 Å². The number of rotatable bonds is 8. The number of carboxylic acid groups (broad SMARTS) is 1. The van der Waals surface area contributed by atoms with Gasteiger partial charge >= 0.3 is 5.97 Å². The molecule has 1 N–H and O–H groups in total. The standard InChI is InChI=1S/C24H24N2O4/c27-23(28)18-30-22-13-7-12-21-24(22)29-17-16-25(21)14-15-26(19-8-3-1-4-9-19)20-10-5-2-6-11-20/h1-13H,14-18H2,(H,27,28). The predicted octanol–water partition coefficient (Wildman–Crippen LogP) is 4.19. The normalized spacial score (nSPS) is 12.6. The van der Waals surface area contributed by atoms with Gasteiger partial charge in [0.25, 0.3) is 0 Å². The highest BCUT2D eigenvalue weighted by Crippen LogP contribution is 2.40. The molecule has 0 saturated heterocycles. The average molecular weight is 404 g/mol. The number of carbonyl (C=O) groups is 1. The number of hydrogen-bond acceptors (Lipinski definition) is 5. The Hall–Kier alpha value is -3.67. The zero-order valence-corrected chi connectivity index (χ0v) is 16.6. The summed E-state index contributed by atoms with van der Waals surface area (Å²) in [5.41, 5.74) is 3.19. The summed E-state index contributed by atoms with van der Waals surface area (Å²) >= 11 is 0. The van der Waals surface area contributed by atoms with Crippen molar-refractivity contribution in [2.75, 3.05) is 42.6 Å².